The zero-order valence-corrected chi connectivity index (χ0v) is 8.08. The normalized spacial score (nSPS) is 10.1. The molecule has 0 aromatic carbocycles. The predicted octanol–water partition coefficient (Wildman–Crippen LogP) is 1.03. The topological polar surface area (TPSA) is 61.0 Å². The lowest BCUT2D eigenvalue weighted by Gasteiger charge is -2.05. The average Bonchev–Trinajstić information content (AvgIpc) is 2.15. The summed E-state index contributed by atoms with van der Waals surface area (Å²) in [7, 11) is 0. The highest BCUT2D eigenvalue weighted by Gasteiger charge is 2.01. The van der Waals surface area contributed by atoms with E-state index in [-0.39, 0.29) is 0 Å². The number of hydrogen-bond donors (Lipinski definition) is 1. The van der Waals surface area contributed by atoms with Crippen LogP contribution in [0.3, 0.4) is 0 Å². The average molecular weight is 181 g/mol. The van der Waals surface area contributed by atoms with Gasteiger partial charge in [0.1, 0.15) is 0 Å². The van der Waals surface area contributed by atoms with Crippen molar-refractivity contribution in [3.63, 3.8) is 0 Å². The molecule has 72 valence electrons. The molecule has 2 N–H and O–H groups in total. The minimum absolute atomic E-state index is 0.441. The van der Waals surface area contributed by atoms with E-state index in [4.69, 9.17) is 10.5 Å². The van der Waals surface area contributed by atoms with Gasteiger partial charge in [0.2, 0.25) is 0 Å². The van der Waals surface area contributed by atoms with E-state index in [9.17, 15) is 0 Å². The summed E-state index contributed by atoms with van der Waals surface area (Å²) in [5.74, 6) is 0. The Kier molecular flexibility index (Phi) is 3.64. The van der Waals surface area contributed by atoms with Gasteiger partial charge >= 0.3 is 6.01 Å². The SMILES string of the molecule is CCCOc1ncc(CN)c(C)n1. The Labute approximate surface area is 78.1 Å². The van der Waals surface area contributed by atoms with Gasteiger partial charge in [-0.15, -0.1) is 0 Å². The lowest BCUT2D eigenvalue weighted by Crippen LogP contribution is -2.05. The van der Waals surface area contributed by atoms with Gasteiger partial charge in [-0.3, -0.25) is 0 Å². The highest BCUT2D eigenvalue weighted by atomic mass is 16.5. The molecule has 4 heteroatoms. The van der Waals surface area contributed by atoms with E-state index in [1.807, 2.05) is 13.8 Å². The zero-order valence-electron chi connectivity index (χ0n) is 8.08. The van der Waals surface area contributed by atoms with Gasteiger partial charge < -0.3 is 10.5 Å². The Balaban J connectivity index is 2.71. The van der Waals surface area contributed by atoms with E-state index in [0.717, 1.165) is 17.7 Å². The summed E-state index contributed by atoms with van der Waals surface area (Å²) in [5.41, 5.74) is 7.33. The standard InChI is InChI=1S/C9H15N3O/c1-3-4-13-9-11-6-8(5-10)7(2)12-9/h6H,3-5,10H2,1-2H3. The Morgan fingerprint density at radius 2 is 2.31 bits per heavy atom. The second-order valence-corrected chi connectivity index (χ2v) is 2.82. The third-order valence-corrected chi connectivity index (χ3v) is 1.71. The number of nitrogens with two attached hydrogens (primary N) is 1. The predicted molar refractivity (Wildman–Crippen MR) is 50.4 cm³/mol. The van der Waals surface area contributed by atoms with Crippen molar-refractivity contribution in [2.45, 2.75) is 26.8 Å². The molecule has 4 nitrogen and oxygen atoms in total. The van der Waals surface area contributed by atoms with Crippen LogP contribution in [0.5, 0.6) is 6.01 Å². The largest absolute Gasteiger partial charge is 0.463 e. The molecule has 13 heavy (non-hydrogen) atoms. The van der Waals surface area contributed by atoms with E-state index in [2.05, 4.69) is 9.97 Å². The molecule has 1 aromatic heterocycles. The summed E-state index contributed by atoms with van der Waals surface area (Å²) in [6.07, 6.45) is 2.67. The molecular formula is C9H15N3O. The van der Waals surface area contributed by atoms with E-state index >= 15 is 0 Å². The summed E-state index contributed by atoms with van der Waals surface area (Å²) in [6.45, 7) is 5.07. The van der Waals surface area contributed by atoms with Crippen molar-refractivity contribution in [1.82, 2.24) is 9.97 Å². The first kappa shape index (κ1) is 9.92. The minimum Gasteiger partial charge on any atom is -0.463 e. The molecule has 1 heterocycles. The summed E-state index contributed by atoms with van der Waals surface area (Å²) < 4.78 is 5.27. The van der Waals surface area contributed by atoms with Gasteiger partial charge in [0, 0.05) is 24.0 Å². The number of aryl methyl sites for hydroxylation is 1. The van der Waals surface area contributed by atoms with Gasteiger partial charge in [-0.25, -0.2) is 9.97 Å². The van der Waals surface area contributed by atoms with Crippen LogP contribution < -0.4 is 10.5 Å². The molecule has 0 saturated heterocycles. The van der Waals surface area contributed by atoms with Crippen LogP contribution in [0.25, 0.3) is 0 Å². The molecule has 0 aliphatic rings. The summed E-state index contributed by atoms with van der Waals surface area (Å²) in [5, 5.41) is 0. The minimum atomic E-state index is 0.441. The number of ether oxygens (including phenoxy) is 1. The van der Waals surface area contributed by atoms with Crippen molar-refractivity contribution >= 4 is 0 Å². The number of aromatic nitrogens is 2. The Bertz CT molecular complexity index is 276. The molecule has 0 amide bonds. The van der Waals surface area contributed by atoms with E-state index in [0.29, 0.717) is 19.2 Å². The molecule has 0 atom stereocenters. The van der Waals surface area contributed by atoms with Crippen molar-refractivity contribution in [1.29, 1.82) is 0 Å². The smallest absolute Gasteiger partial charge is 0.316 e. The third kappa shape index (κ3) is 2.66. The fourth-order valence-corrected chi connectivity index (χ4v) is 0.934. The highest BCUT2D eigenvalue weighted by molar-refractivity contribution is 5.17. The molecule has 0 aliphatic carbocycles. The van der Waals surface area contributed by atoms with Crippen LogP contribution in [-0.2, 0) is 6.54 Å². The monoisotopic (exact) mass is 181 g/mol. The van der Waals surface area contributed by atoms with Crippen molar-refractivity contribution < 1.29 is 4.74 Å². The Hall–Kier alpha value is -1.16. The summed E-state index contributed by atoms with van der Waals surface area (Å²) >= 11 is 0. The van der Waals surface area contributed by atoms with Crippen LogP contribution in [0.2, 0.25) is 0 Å². The van der Waals surface area contributed by atoms with Gasteiger partial charge in [-0.2, -0.15) is 0 Å². The second-order valence-electron chi connectivity index (χ2n) is 2.82. The molecule has 0 saturated carbocycles. The van der Waals surface area contributed by atoms with E-state index < -0.39 is 0 Å². The number of nitrogens with zero attached hydrogens (tertiary/aromatic N) is 2. The van der Waals surface area contributed by atoms with Gasteiger partial charge in [-0.05, 0) is 13.3 Å². The quantitative estimate of drug-likeness (QED) is 0.753. The zero-order chi connectivity index (χ0) is 9.68. The van der Waals surface area contributed by atoms with Gasteiger partial charge in [0.05, 0.1) is 6.61 Å². The summed E-state index contributed by atoms with van der Waals surface area (Å²) in [6, 6.07) is 0.441. The lowest BCUT2D eigenvalue weighted by molar-refractivity contribution is 0.291. The molecule has 0 unspecified atom stereocenters. The van der Waals surface area contributed by atoms with Crippen LogP contribution in [0.4, 0.5) is 0 Å². The summed E-state index contributed by atoms with van der Waals surface area (Å²) in [4.78, 5) is 8.20. The molecule has 0 aliphatic heterocycles. The third-order valence-electron chi connectivity index (χ3n) is 1.71. The van der Waals surface area contributed by atoms with Gasteiger partial charge in [-0.1, -0.05) is 6.92 Å². The molecule has 0 radical (unpaired) electrons. The van der Waals surface area contributed by atoms with Crippen molar-refractivity contribution in [2.75, 3.05) is 6.61 Å². The van der Waals surface area contributed by atoms with Crippen LogP contribution in [0.15, 0.2) is 6.20 Å². The first-order valence-electron chi connectivity index (χ1n) is 4.43. The van der Waals surface area contributed by atoms with Crippen LogP contribution in [0.1, 0.15) is 24.6 Å². The van der Waals surface area contributed by atoms with Crippen LogP contribution in [0, 0.1) is 6.92 Å². The fraction of sp³-hybridized carbons (Fsp3) is 0.556. The maximum absolute atomic E-state index is 5.48. The fourth-order valence-electron chi connectivity index (χ4n) is 0.934. The van der Waals surface area contributed by atoms with Crippen molar-refractivity contribution in [3.8, 4) is 6.01 Å². The first-order chi connectivity index (χ1) is 6.27. The molecule has 0 fully saturated rings. The van der Waals surface area contributed by atoms with Crippen LogP contribution in [-0.4, -0.2) is 16.6 Å². The van der Waals surface area contributed by atoms with Gasteiger partial charge in [0.15, 0.2) is 0 Å². The molecule has 0 spiro atoms. The maximum atomic E-state index is 5.48. The molecular weight excluding hydrogens is 166 g/mol. The van der Waals surface area contributed by atoms with Crippen molar-refractivity contribution in [2.24, 2.45) is 5.73 Å². The lowest BCUT2D eigenvalue weighted by atomic mass is 10.2. The highest BCUT2D eigenvalue weighted by Crippen LogP contribution is 2.07. The molecule has 1 aromatic rings. The maximum Gasteiger partial charge on any atom is 0.316 e. The number of rotatable bonds is 4. The van der Waals surface area contributed by atoms with E-state index in [1.165, 1.54) is 0 Å². The molecule has 0 bridgehead atoms. The Morgan fingerprint density at radius 3 is 2.85 bits per heavy atom. The van der Waals surface area contributed by atoms with Crippen molar-refractivity contribution in [3.05, 3.63) is 17.5 Å². The molecule has 1 rings (SSSR count). The van der Waals surface area contributed by atoms with E-state index in [1.54, 1.807) is 6.20 Å². The Morgan fingerprint density at radius 1 is 1.54 bits per heavy atom. The number of hydrogen-bond acceptors (Lipinski definition) is 4. The first-order valence-corrected chi connectivity index (χ1v) is 4.43. The van der Waals surface area contributed by atoms with Crippen LogP contribution >= 0.6 is 0 Å². The van der Waals surface area contributed by atoms with Gasteiger partial charge in [0.25, 0.3) is 0 Å². The second kappa shape index (κ2) is 4.77.